The highest BCUT2D eigenvalue weighted by atomic mass is 32.2. The minimum Gasteiger partial charge on any atom is -0.457 e. The number of benzene rings is 1. The lowest BCUT2D eigenvalue weighted by molar-refractivity contribution is -0.121. The largest absolute Gasteiger partial charge is 0.457 e. The second kappa shape index (κ2) is 7.20. The number of rotatable bonds is 5. The zero-order valence-corrected chi connectivity index (χ0v) is 15.9. The van der Waals surface area contributed by atoms with Crippen molar-refractivity contribution in [2.45, 2.75) is 4.90 Å². The summed E-state index contributed by atoms with van der Waals surface area (Å²) in [5.74, 6) is 0.851. The molecule has 0 spiro atoms. The van der Waals surface area contributed by atoms with Gasteiger partial charge in [-0.1, -0.05) is 30.1 Å². The van der Waals surface area contributed by atoms with Crippen LogP contribution in [0.25, 0.3) is 17.4 Å². The van der Waals surface area contributed by atoms with Crippen LogP contribution in [0.1, 0.15) is 5.76 Å². The molecule has 2 N–H and O–H groups in total. The molecule has 1 aliphatic rings. The van der Waals surface area contributed by atoms with Crippen LogP contribution in [-0.4, -0.2) is 30.1 Å². The summed E-state index contributed by atoms with van der Waals surface area (Å²) in [4.78, 5) is 14.3. The second-order valence-electron chi connectivity index (χ2n) is 5.35. The van der Waals surface area contributed by atoms with E-state index < -0.39 is 10.0 Å². The molecule has 6 nitrogen and oxygen atoms in total. The Morgan fingerprint density at radius 1 is 1.23 bits per heavy atom. The number of carbonyl (C=O) groups is 1. The Morgan fingerprint density at radius 2 is 1.92 bits per heavy atom. The van der Waals surface area contributed by atoms with Crippen LogP contribution in [0.3, 0.4) is 0 Å². The Labute approximate surface area is 160 Å². The summed E-state index contributed by atoms with van der Waals surface area (Å²) in [5, 5.41) is 5.08. The molecule has 1 saturated heterocycles. The average molecular weight is 407 g/mol. The number of nitrogens with two attached hydrogens (primary N) is 1. The fourth-order valence-corrected chi connectivity index (χ4v) is 4.08. The summed E-state index contributed by atoms with van der Waals surface area (Å²) >= 11 is 6.40. The molecular formula is C17H14N2O4S3. The van der Waals surface area contributed by atoms with E-state index >= 15 is 0 Å². The molecule has 2 heterocycles. The summed E-state index contributed by atoms with van der Waals surface area (Å²) in [7, 11) is -3.74. The van der Waals surface area contributed by atoms with Crippen molar-refractivity contribution in [1.29, 1.82) is 0 Å². The van der Waals surface area contributed by atoms with Gasteiger partial charge in [0.05, 0.1) is 9.80 Å². The van der Waals surface area contributed by atoms with Crippen molar-refractivity contribution in [2.75, 3.05) is 6.54 Å². The molecule has 1 fully saturated rings. The van der Waals surface area contributed by atoms with Gasteiger partial charge in [0.25, 0.3) is 5.91 Å². The topological polar surface area (TPSA) is 93.6 Å². The predicted octanol–water partition coefficient (Wildman–Crippen LogP) is 2.98. The molecule has 0 unspecified atom stereocenters. The van der Waals surface area contributed by atoms with Gasteiger partial charge in [-0.2, -0.15) is 0 Å². The number of carbonyl (C=O) groups excluding carboxylic acids is 1. The quantitative estimate of drug-likeness (QED) is 0.466. The first-order chi connectivity index (χ1) is 12.3. The van der Waals surface area contributed by atoms with Crippen molar-refractivity contribution >= 4 is 50.3 Å². The van der Waals surface area contributed by atoms with E-state index in [-0.39, 0.29) is 10.8 Å². The van der Waals surface area contributed by atoms with E-state index in [9.17, 15) is 13.2 Å². The van der Waals surface area contributed by atoms with Crippen LogP contribution in [-0.2, 0) is 14.8 Å². The molecule has 3 rings (SSSR count). The van der Waals surface area contributed by atoms with Gasteiger partial charge in [-0.15, -0.1) is 6.58 Å². The number of nitrogens with zero attached hydrogens (tertiary/aromatic N) is 1. The first-order valence-corrected chi connectivity index (χ1v) is 10.2. The molecule has 1 aromatic carbocycles. The van der Waals surface area contributed by atoms with Crippen molar-refractivity contribution in [1.82, 2.24) is 4.90 Å². The van der Waals surface area contributed by atoms with Crippen molar-refractivity contribution in [3.8, 4) is 11.3 Å². The Morgan fingerprint density at radius 3 is 2.54 bits per heavy atom. The molecule has 2 aromatic rings. The zero-order valence-electron chi connectivity index (χ0n) is 13.4. The minimum atomic E-state index is -3.74. The minimum absolute atomic E-state index is 0.0268. The van der Waals surface area contributed by atoms with Gasteiger partial charge in [0, 0.05) is 18.2 Å². The standard InChI is InChI=1S/C17H14N2O4S3/c1-2-9-19-16(20)15(25-17(19)24)10-12-5-8-14(23-12)11-3-6-13(7-4-11)26(18,21)22/h2-8,10H,1,9H2,(H2,18,21,22)/b15-10-. The third-order valence-corrected chi connectivity index (χ3v) is 5.86. The molecule has 0 radical (unpaired) electrons. The highest BCUT2D eigenvalue weighted by Crippen LogP contribution is 2.33. The van der Waals surface area contributed by atoms with E-state index in [1.165, 1.54) is 28.8 Å². The number of sulfonamides is 1. The van der Waals surface area contributed by atoms with Gasteiger partial charge in [-0.3, -0.25) is 9.69 Å². The van der Waals surface area contributed by atoms with Gasteiger partial charge in [0.2, 0.25) is 10.0 Å². The SMILES string of the molecule is C=CCN1C(=O)/C(=C/c2ccc(-c3ccc(S(N)(=O)=O)cc3)o2)SC1=S. The number of thiocarbonyl (C=S) groups is 1. The van der Waals surface area contributed by atoms with Crippen LogP contribution in [0.15, 0.2) is 63.3 Å². The Hall–Kier alpha value is -2.20. The molecule has 0 saturated carbocycles. The third kappa shape index (κ3) is 3.80. The third-order valence-electron chi connectivity index (χ3n) is 3.55. The predicted molar refractivity (Wildman–Crippen MR) is 106 cm³/mol. The molecule has 0 atom stereocenters. The second-order valence-corrected chi connectivity index (χ2v) is 8.59. The van der Waals surface area contributed by atoms with E-state index in [4.69, 9.17) is 21.8 Å². The van der Waals surface area contributed by atoms with Crippen LogP contribution < -0.4 is 5.14 Å². The van der Waals surface area contributed by atoms with Gasteiger partial charge >= 0.3 is 0 Å². The lowest BCUT2D eigenvalue weighted by atomic mass is 10.2. The lowest BCUT2D eigenvalue weighted by Crippen LogP contribution is -2.27. The normalized spacial score (nSPS) is 16.5. The van der Waals surface area contributed by atoms with E-state index in [0.29, 0.717) is 32.9 Å². The van der Waals surface area contributed by atoms with Crippen molar-refractivity contribution < 1.29 is 17.6 Å². The van der Waals surface area contributed by atoms with Crippen LogP contribution in [0.5, 0.6) is 0 Å². The molecule has 9 heteroatoms. The van der Waals surface area contributed by atoms with Gasteiger partial charge in [0.15, 0.2) is 0 Å². The summed E-state index contributed by atoms with van der Waals surface area (Å²) in [5.41, 5.74) is 0.691. The maximum atomic E-state index is 12.3. The first kappa shape index (κ1) is 18.6. The van der Waals surface area contributed by atoms with Crippen LogP contribution in [0.4, 0.5) is 0 Å². The molecule has 1 aromatic heterocycles. The van der Waals surface area contributed by atoms with Crippen molar-refractivity contribution in [3.63, 3.8) is 0 Å². The fraction of sp³-hybridized carbons (Fsp3) is 0.0588. The fourth-order valence-electron chi connectivity index (χ4n) is 2.31. The molecular weight excluding hydrogens is 392 g/mol. The number of hydrogen-bond acceptors (Lipinski definition) is 6. The average Bonchev–Trinajstić information content (AvgIpc) is 3.15. The van der Waals surface area contributed by atoms with E-state index in [0.717, 1.165) is 0 Å². The van der Waals surface area contributed by atoms with E-state index in [1.807, 2.05) is 0 Å². The summed E-state index contributed by atoms with van der Waals surface area (Å²) in [6, 6.07) is 9.49. The smallest absolute Gasteiger partial charge is 0.266 e. The van der Waals surface area contributed by atoms with Gasteiger partial charge in [0.1, 0.15) is 15.8 Å². The van der Waals surface area contributed by atoms with Crippen LogP contribution in [0.2, 0.25) is 0 Å². The Kier molecular flexibility index (Phi) is 5.15. The molecule has 134 valence electrons. The monoisotopic (exact) mass is 406 g/mol. The molecule has 1 amide bonds. The molecule has 26 heavy (non-hydrogen) atoms. The number of furan rings is 1. The van der Waals surface area contributed by atoms with Crippen molar-refractivity contribution in [2.24, 2.45) is 5.14 Å². The maximum absolute atomic E-state index is 12.3. The molecule has 0 aliphatic carbocycles. The van der Waals surface area contributed by atoms with Gasteiger partial charge in [-0.05, 0) is 36.4 Å². The summed E-state index contributed by atoms with van der Waals surface area (Å²) < 4.78 is 28.8. The van der Waals surface area contributed by atoms with Crippen molar-refractivity contribution in [3.05, 3.63) is 59.7 Å². The Bertz CT molecular complexity index is 1020. The number of hydrogen-bond donors (Lipinski definition) is 1. The number of thioether (sulfide) groups is 1. The summed E-state index contributed by atoms with van der Waals surface area (Å²) in [6.45, 7) is 3.98. The molecule has 1 aliphatic heterocycles. The van der Waals surface area contributed by atoms with Gasteiger partial charge in [-0.25, -0.2) is 13.6 Å². The molecule has 0 bridgehead atoms. The van der Waals surface area contributed by atoms with Gasteiger partial charge < -0.3 is 4.42 Å². The zero-order chi connectivity index (χ0) is 18.9. The number of amides is 1. The van der Waals surface area contributed by atoms with Crippen LogP contribution in [0, 0.1) is 0 Å². The Balaban J connectivity index is 1.83. The lowest BCUT2D eigenvalue weighted by Gasteiger charge is -2.10. The van der Waals surface area contributed by atoms with E-state index in [1.54, 1.807) is 36.4 Å². The summed E-state index contributed by atoms with van der Waals surface area (Å²) in [6.07, 6.45) is 3.24. The van der Waals surface area contributed by atoms with Crippen LogP contribution >= 0.6 is 24.0 Å². The first-order valence-electron chi connectivity index (χ1n) is 7.39. The maximum Gasteiger partial charge on any atom is 0.266 e. The van der Waals surface area contributed by atoms with E-state index in [2.05, 4.69) is 6.58 Å². The highest BCUT2D eigenvalue weighted by Gasteiger charge is 2.31. The highest BCUT2D eigenvalue weighted by molar-refractivity contribution is 8.26. The number of primary sulfonamides is 1.